The molecule has 0 aromatic carbocycles. The zero-order valence-corrected chi connectivity index (χ0v) is 9.59. The lowest BCUT2D eigenvalue weighted by molar-refractivity contribution is 1.20. The summed E-state index contributed by atoms with van der Waals surface area (Å²) in [7, 11) is 0. The van der Waals surface area contributed by atoms with E-state index >= 15 is 0 Å². The second-order valence-electron chi connectivity index (χ2n) is 3.65. The van der Waals surface area contributed by atoms with E-state index in [1.165, 1.54) is 0 Å². The van der Waals surface area contributed by atoms with Crippen molar-refractivity contribution >= 4 is 23.1 Å². The maximum Gasteiger partial charge on any atom is 0.140 e. The molecule has 0 bridgehead atoms. The molecule has 3 aromatic heterocycles. The quantitative estimate of drug-likeness (QED) is 0.716. The molecule has 4 nitrogen and oxygen atoms in total. The summed E-state index contributed by atoms with van der Waals surface area (Å²) in [6.07, 6.45) is 5.24. The summed E-state index contributed by atoms with van der Waals surface area (Å²) in [5.41, 5.74) is 8.48. The first-order valence-corrected chi connectivity index (χ1v) is 5.47. The molecule has 0 fully saturated rings. The van der Waals surface area contributed by atoms with Crippen LogP contribution < -0.4 is 5.73 Å². The first-order chi connectivity index (χ1) is 8.25. The molecule has 0 amide bonds. The van der Waals surface area contributed by atoms with Gasteiger partial charge in [-0.3, -0.25) is 9.38 Å². The predicted octanol–water partition coefficient (Wildman–Crippen LogP) is 2.63. The lowest BCUT2D eigenvalue weighted by Crippen LogP contribution is -1.93. The number of anilines is 1. The summed E-state index contributed by atoms with van der Waals surface area (Å²) >= 11 is 5.92. The van der Waals surface area contributed by atoms with Gasteiger partial charge in [0.05, 0.1) is 0 Å². The van der Waals surface area contributed by atoms with Crippen molar-refractivity contribution in [2.75, 3.05) is 5.73 Å². The smallest absolute Gasteiger partial charge is 0.140 e. The van der Waals surface area contributed by atoms with Crippen LogP contribution in [0.1, 0.15) is 0 Å². The molecule has 0 radical (unpaired) electrons. The Hall–Kier alpha value is -2.07. The highest BCUT2D eigenvalue weighted by Gasteiger charge is 2.10. The van der Waals surface area contributed by atoms with Crippen molar-refractivity contribution < 1.29 is 0 Å². The largest absolute Gasteiger partial charge is 0.383 e. The summed E-state index contributed by atoms with van der Waals surface area (Å²) in [6, 6.07) is 7.31. The summed E-state index contributed by atoms with van der Waals surface area (Å²) in [4.78, 5) is 8.44. The van der Waals surface area contributed by atoms with Gasteiger partial charge < -0.3 is 5.73 Å². The average molecular weight is 245 g/mol. The van der Waals surface area contributed by atoms with Gasteiger partial charge in [0.1, 0.15) is 17.2 Å². The topological polar surface area (TPSA) is 56.2 Å². The number of nitrogens with zero attached hydrogens (tertiary/aromatic N) is 3. The van der Waals surface area contributed by atoms with Crippen molar-refractivity contribution in [1.29, 1.82) is 0 Å². The summed E-state index contributed by atoms with van der Waals surface area (Å²) in [6.45, 7) is 0. The van der Waals surface area contributed by atoms with E-state index in [1.807, 2.05) is 22.7 Å². The van der Waals surface area contributed by atoms with E-state index < -0.39 is 0 Å². The molecule has 2 N–H and O–H groups in total. The minimum atomic E-state index is 0.600. The standard InChI is InChI=1S/C12H9ClN4/c13-9-3-6-17-10(7-9)16-11(12(17)14)8-1-4-15-5-2-8/h1-7H,14H2. The molecule has 0 saturated heterocycles. The number of nitrogen functional groups attached to an aromatic ring is 1. The van der Waals surface area contributed by atoms with E-state index in [2.05, 4.69) is 9.97 Å². The van der Waals surface area contributed by atoms with Crippen LogP contribution in [0, 0.1) is 0 Å². The fraction of sp³-hybridized carbons (Fsp3) is 0. The van der Waals surface area contributed by atoms with Gasteiger partial charge in [0.15, 0.2) is 0 Å². The normalized spacial score (nSPS) is 10.9. The van der Waals surface area contributed by atoms with E-state index in [9.17, 15) is 0 Å². The molecule has 17 heavy (non-hydrogen) atoms. The minimum Gasteiger partial charge on any atom is -0.383 e. The van der Waals surface area contributed by atoms with Crippen molar-refractivity contribution in [2.24, 2.45) is 0 Å². The number of pyridine rings is 2. The van der Waals surface area contributed by atoms with Crippen molar-refractivity contribution in [3.05, 3.63) is 47.9 Å². The number of hydrogen-bond acceptors (Lipinski definition) is 3. The first-order valence-electron chi connectivity index (χ1n) is 5.09. The van der Waals surface area contributed by atoms with Crippen LogP contribution in [0.5, 0.6) is 0 Å². The maximum atomic E-state index is 6.06. The van der Waals surface area contributed by atoms with Crippen molar-refractivity contribution in [1.82, 2.24) is 14.4 Å². The Morgan fingerprint density at radius 1 is 1.18 bits per heavy atom. The molecule has 0 aliphatic rings. The highest BCUT2D eigenvalue weighted by atomic mass is 35.5. The van der Waals surface area contributed by atoms with Crippen molar-refractivity contribution in [3.63, 3.8) is 0 Å². The highest BCUT2D eigenvalue weighted by molar-refractivity contribution is 6.30. The predicted molar refractivity (Wildman–Crippen MR) is 67.8 cm³/mol. The highest BCUT2D eigenvalue weighted by Crippen LogP contribution is 2.26. The molecular formula is C12H9ClN4. The summed E-state index contributed by atoms with van der Waals surface area (Å²) in [5, 5.41) is 0.642. The molecule has 3 heterocycles. The second kappa shape index (κ2) is 3.75. The van der Waals surface area contributed by atoms with Crippen LogP contribution in [0.4, 0.5) is 5.82 Å². The Labute approximate surface area is 103 Å². The Kier molecular flexibility index (Phi) is 2.23. The van der Waals surface area contributed by atoms with Gasteiger partial charge in [0, 0.05) is 35.2 Å². The molecule has 3 aromatic rings. The molecule has 0 atom stereocenters. The van der Waals surface area contributed by atoms with E-state index in [4.69, 9.17) is 17.3 Å². The second-order valence-corrected chi connectivity index (χ2v) is 4.09. The van der Waals surface area contributed by atoms with Gasteiger partial charge in [-0.15, -0.1) is 0 Å². The summed E-state index contributed by atoms with van der Waals surface area (Å²) in [5.74, 6) is 0.600. The van der Waals surface area contributed by atoms with Gasteiger partial charge in [-0.05, 0) is 18.2 Å². The first kappa shape index (κ1) is 10.1. The zero-order chi connectivity index (χ0) is 11.8. The van der Waals surface area contributed by atoms with Gasteiger partial charge in [-0.25, -0.2) is 4.98 Å². The molecule has 84 valence electrons. The molecule has 0 unspecified atom stereocenters. The summed E-state index contributed by atoms with van der Waals surface area (Å²) < 4.78 is 1.81. The van der Waals surface area contributed by atoms with Gasteiger partial charge in [-0.1, -0.05) is 11.6 Å². The lowest BCUT2D eigenvalue weighted by atomic mass is 10.2. The third-order valence-corrected chi connectivity index (χ3v) is 2.81. The monoisotopic (exact) mass is 244 g/mol. The average Bonchev–Trinajstić information content (AvgIpc) is 2.67. The fourth-order valence-corrected chi connectivity index (χ4v) is 1.92. The number of rotatable bonds is 1. The molecule has 5 heteroatoms. The molecule has 0 spiro atoms. The third-order valence-electron chi connectivity index (χ3n) is 2.58. The molecule has 0 aliphatic carbocycles. The van der Waals surface area contributed by atoms with Crippen LogP contribution in [-0.4, -0.2) is 14.4 Å². The number of nitrogens with two attached hydrogens (primary N) is 1. The molecule has 0 saturated carbocycles. The number of imidazole rings is 1. The van der Waals surface area contributed by atoms with Gasteiger partial charge >= 0.3 is 0 Å². The number of hydrogen-bond donors (Lipinski definition) is 1. The van der Waals surface area contributed by atoms with Crippen LogP contribution in [0.2, 0.25) is 5.02 Å². The van der Waals surface area contributed by atoms with Crippen LogP contribution in [0.25, 0.3) is 16.9 Å². The Morgan fingerprint density at radius 3 is 2.71 bits per heavy atom. The minimum absolute atomic E-state index is 0.600. The van der Waals surface area contributed by atoms with Crippen LogP contribution in [-0.2, 0) is 0 Å². The van der Waals surface area contributed by atoms with E-state index in [1.54, 1.807) is 24.5 Å². The van der Waals surface area contributed by atoms with Gasteiger partial charge in [-0.2, -0.15) is 0 Å². The van der Waals surface area contributed by atoms with Crippen LogP contribution in [0.15, 0.2) is 42.9 Å². The van der Waals surface area contributed by atoms with Crippen LogP contribution >= 0.6 is 11.6 Å². The Morgan fingerprint density at radius 2 is 1.94 bits per heavy atom. The van der Waals surface area contributed by atoms with Crippen LogP contribution in [0.3, 0.4) is 0 Å². The Balaban J connectivity index is 2.28. The lowest BCUT2D eigenvalue weighted by Gasteiger charge is -1.98. The molecule has 3 rings (SSSR count). The number of fused-ring (bicyclic) bond motifs is 1. The third kappa shape index (κ3) is 1.62. The van der Waals surface area contributed by atoms with Crippen molar-refractivity contribution in [3.8, 4) is 11.3 Å². The van der Waals surface area contributed by atoms with E-state index in [0.29, 0.717) is 10.8 Å². The van der Waals surface area contributed by atoms with Gasteiger partial charge in [0.2, 0.25) is 0 Å². The zero-order valence-electron chi connectivity index (χ0n) is 8.84. The van der Waals surface area contributed by atoms with E-state index in [0.717, 1.165) is 16.9 Å². The number of halogens is 1. The molecular weight excluding hydrogens is 236 g/mol. The molecule has 0 aliphatic heterocycles. The Bertz CT molecular complexity index is 676. The van der Waals surface area contributed by atoms with E-state index in [-0.39, 0.29) is 0 Å². The SMILES string of the molecule is Nc1c(-c2ccncc2)nc2cc(Cl)ccn12. The number of aromatic nitrogens is 3. The fourth-order valence-electron chi connectivity index (χ4n) is 1.76. The van der Waals surface area contributed by atoms with Gasteiger partial charge in [0.25, 0.3) is 0 Å². The van der Waals surface area contributed by atoms with Crippen molar-refractivity contribution in [2.45, 2.75) is 0 Å². The maximum absolute atomic E-state index is 6.06.